The molecule has 17 heavy (non-hydrogen) atoms. The van der Waals surface area contributed by atoms with Crippen molar-refractivity contribution in [3.63, 3.8) is 0 Å². The fourth-order valence-electron chi connectivity index (χ4n) is 2.42. The van der Waals surface area contributed by atoms with Crippen molar-refractivity contribution in [2.24, 2.45) is 4.99 Å². The second-order valence-corrected chi connectivity index (χ2v) is 5.12. The molecule has 0 bridgehead atoms. The molecule has 1 aliphatic rings. The van der Waals surface area contributed by atoms with Gasteiger partial charge in [0.15, 0.2) is 0 Å². The maximum Gasteiger partial charge on any atom is 0.235 e. The molecule has 0 saturated heterocycles. The van der Waals surface area contributed by atoms with Crippen molar-refractivity contribution in [2.75, 3.05) is 0 Å². The molecule has 1 heterocycles. The number of benzene rings is 1. The topological polar surface area (TPSA) is 58.1 Å². The third-order valence-corrected chi connectivity index (χ3v) is 4.08. The van der Waals surface area contributed by atoms with Crippen LogP contribution in [0.4, 0.5) is 0 Å². The molecule has 0 unspecified atom stereocenters. The molecular weight excluding hydrogens is 282 g/mol. The van der Waals surface area contributed by atoms with Crippen LogP contribution in [-0.4, -0.2) is 16.3 Å². The number of aromatic nitrogens is 2. The van der Waals surface area contributed by atoms with Crippen molar-refractivity contribution in [3.8, 4) is 0 Å². The lowest BCUT2D eigenvalue weighted by molar-refractivity contribution is 0.258. The molecule has 5 heteroatoms. The number of halogens is 1. The first-order chi connectivity index (χ1) is 8.27. The summed E-state index contributed by atoms with van der Waals surface area (Å²) in [6, 6.07) is 5.96. The molecule has 1 aromatic heterocycles. The Labute approximate surface area is 106 Å². The first-order valence-electron chi connectivity index (χ1n) is 5.49. The van der Waals surface area contributed by atoms with Gasteiger partial charge in [0, 0.05) is 10.9 Å². The Balaban J connectivity index is 2.26. The normalized spacial score (nSPS) is 17.5. The van der Waals surface area contributed by atoms with Crippen molar-refractivity contribution >= 4 is 32.9 Å². The summed E-state index contributed by atoms with van der Waals surface area (Å²) in [5.74, 6) is 0. The first kappa shape index (κ1) is 10.7. The molecule has 2 aromatic rings. The van der Waals surface area contributed by atoms with E-state index in [9.17, 15) is 4.79 Å². The minimum Gasteiger partial charge on any atom is -0.270 e. The van der Waals surface area contributed by atoms with Gasteiger partial charge < -0.3 is 0 Å². The molecule has 4 nitrogen and oxygen atoms in total. The predicted octanol–water partition coefficient (Wildman–Crippen LogP) is 3.04. The van der Waals surface area contributed by atoms with Crippen LogP contribution >= 0.6 is 15.9 Å². The Kier molecular flexibility index (Phi) is 2.38. The van der Waals surface area contributed by atoms with Gasteiger partial charge in [-0.15, -0.1) is 0 Å². The van der Waals surface area contributed by atoms with Crippen LogP contribution in [0.15, 0.2) is 27.8 Å². The summed E-state index contributed by atoms with van der Waals surface area (Å²) < 4.78 is 0.860. The summed E-state index contributed by atoms with van der Waals surface area (Å²) in [6.45, 7) is 0. The van der Waals surface area contributed by atoms with Crippen molar-refractivity contribution in [1.29, 1.82) is 0 Å². The zero-order valence-corrected chi connectivity index (χ0v) is 10.6. The number of aromatic amines is 1. The molecule has 86 valence electrons. The number of fused-ring (bicyclic) bond motifs is 1. The van der Waals surface area contributed by atoms with E-state index in [1.165, 1.54) is 0 Å². The zero-order valence-electron chi connectivity index (χ0n) is 9.03. The number of nitrogens with one attached hydrogen (secondary N) is 1. The van der Waals surface area contributed by atoms with Crippen LogP contribution in [-0.2, 0) is 10.3 Å². The first-order valence-corrected chi connectivity index (χ1v) is 6.28. The largest absolute Gasteiger partial charge is 0.270 e. The highest BCUT2D eigenvalue weighted by atomic mass is 79.9. The molecule has 1 aliphatic carbocycles. The lowest BCUT2D eigenvalue weighted by Gasteiger charge is -2.37. The lowest BCUT2D eigenvalue weighted by atomic mass is 9.72. The van der Waals surface area contributed by atoms with Crippen LogP contribution in [0.3, 0.4) is 0 Å². The Morgan fingerprint density at radius 1 is 1.47 bits per heavy atom. The number of hydrogen-bond donors (Lipinski definition) is 1. The standard InChI is InChI=1S/C12H10BrN3O/c13-11-8-3-1-4-9(10(8)15-16-11)12(14-7-17)5-2-6-12/h1,3-4H,2,5-6H2,(H,15,16). The summed E-state index contributed by atoms with van der Waals surface area (Å²) in [5.41, 5.74) is 1.51. The summed E-state index contributed by atoms with van der Waals surface area (Å²) in [7, 11) is 0. The Morgan fingerprint density at radius 2 is 2.29 bits per heavy atom. The fraction of sp³-hybridized carbons (Fsp3) is 0.333. The van der Waals surface area contributed by atoms with Gasteiger partial charge in [0.1, 0.15) is 10.1 Å². The molecule has 3 rings (SSSR count). The zero-order chi connectivity index (χ0) is 11.9. The predicted molar refractivity (Wildman–Crippen MR) is 67.4 cm³/mol. The molecule has 1 fully saturated rings. The van der Waals surface area contributed by atoms with E-state index < -0.39 is 5.54 Å². The molecule has 1 saturated carbocycles. The lowest BCUT2D eigenvalue weighted by Crippen LogP contribution is -2.32. The average Bonchev–Trinajstić information content (AvgIpc) is 2.66. The molecule has 0 amide bonds. The van der Waals surface area contributed by atoms with Crippen LogP contribution in [0.2, 0.25) is 0 Å². The fourth-order valence-corrected chi connectivity index (χ4v) is 2.83. The van der Waals surface area contributed by atoms with Crippen LogP contribution < -0.4 is 0 Å². The van der Waals surface area contributed by atoms with Crippen molar-refractivity contribution in [3.05, 3.63) is 28.4 Å². The van der Waals surface area contributed by atoms with E-state index >= 15 is 0 Å². The Morgan fingerprint density at radius 3 is 2.94 bits per heavy atom. The quantitative estimate of drug-likeness (QED) is 0.683. The van der Waals surface area contributed by atoms with E-state index in [-0.39, 0.29) is 0 Å². The molecule has 0 aliphatic heterocycles. The van der Waals surface area contributed by atoms with E-state index in [1.54, 1.807) is 6.08 Å². The van der Waals surface area contributed by atoms with E-state index in [2.05, 4.69) is 31.1 Å². The SMILES string of the molecule is O=C=NC1(c2cccc3c(Br)[nH]nc23)CCC1. The number of hydrogen-bond acceptors (Lipinski definition) is 3. The second kappa shape index (κ2) is 3.79. The van der Waals surface area contributed by atoms with E-state index in [4.69, 9.17) is 0 Å². The summed E-state index contributed by atoms with van der Waals surface area (Å²) in [4.78, 5) is 14.6. The van der Waals surface area contributed by atoms with Gasteiger partial charge in [-0.1, -0.05) is 18.2 Å². The molecular formula is C12H10BrN3O. The maximum absolute atomic E-state index is 10.6. The van der Waals surface area contributed by atoms with Crippen molar-refractivity contribution in [2.45, 2.75) is 24.8 Å². The van der Waals surface area contributed by atoms with Gasteiger partial charge in [-0.05, 0) is 35.2 Å². The number of rotatable bonds is 2. The summed E-state index contributed by atoms with van der Waals surface area (Å²) >= 11 is 3.42. The second-order valence-electron chi connectivity index (χ2n) is 4.33. The number of isocyanates is 1. The monoisotopic (exact) mass is 291 g/mol. The molecule has 0 radical (unpaired) electrons. The van der Waals surface area contributed by atoms with Crippen molar-refractivity contribution < 1.29 is 4.79 Å². The van der Waals surface area contributed by atoms with Gasteiger partial charge in [0.05, 0.1) is 5.52 Å². The highest BCUT2D eigenvalue weighted by Crippen LogP contribution is 2.47. The molecule has 1 N–H and O–H groups in total. The van der Waals surface area contributed by atoms with Gasteiger partial charge in [-0.2, -0.15) is 10.1 Å². The molecule has 0 spiro atoms. The van der Waals surface area contributed by atoms with Crippen LogP contribution in [0.5, 0.6) is 0 Å². The minimum atomic E-state index is -0.393. The van der Waals surface area contributed by atoms with Gasteiger partial charge >= 0.3 is 0 Å². The maximum atomic E-state index is 10.6. The van der Waals surface area contributed by atoms with E-state index in [1.807, 2.05) is 18.2 Å². The molecule has 1 aromatic carbocycles. The smallest absolute Gasteiger partial charge is 0.235 e. The third-order valence-electron chi connectivity index (χ3n) is 3.48. The van der Waals surface area contributed by atoms with Gasteiger partial charge in [0.2, 0.25) is 6.08 Å². The Bertz CT molecular complexity index is 624. The number of H-pyrrole nitrogens is 1. The van der Waals surface area contributed by atoms with Crippen LogP contribution in [0, 0.1) is 0 Å². The number of para-hydroxylation sites is 1. The highest BCUT2D eigenvalue weighted by molar-refractivity contribution is 9.10. The minimum absolute atomic E-state index is 0.393. The van der Waals surface area contributed by atoms with Crippen LogP contribution in [0.25, 0.3) is 10.9 Å². The summed E-state index contributed by atoms with van der Waals surface area (Å²) in [5, 5.41) is 8.22. The summed E-state index contributed by atoms with van der Waals surface area (Å²) in [6.07, 6.45) is 4.59. The van der Waals surface area contributed by atoms with Gasteiger partial charge in [0.25, 0.3) is 0 Å². The molecule has 0 atom stereocenters. The van der Waals surface area contributed by atoms with Crippen molar-refractivity contribution in [1.82, 2.24) is 10.2 Å². The van der Waals surface area contributed by atoms with Gasteiger partial charge in [-0.25, -0.2) is 4.79 Å². The van der Waals surface area contributed by atoms with Gasteiger partial charge in [-0.3, -0.25) is 5.10 Å². The number of aliphatic imine (C=N–C) groups is 1. The van der Waals surface area contributed by atoms with E-state index in [0.717, 1.165) is 40.3 Å². The highest BCUT2D eigenvalue weighted by Gasteiger charge is 2.40. The number of carbonyl (C=O) groups excluding carboxylic acids is 1. The number of nitrogens with zero attached hydrogens (tertiary/aromatic N) is 2. The third kappa shape index (κ3) is 1.47. The average molecular weight is 292 g/mol. The Hall–Kier alpha value is -1.45. The van der Waals surface area contributed by atoms with E-state index in [0.29, 0.717) is 0 Å². The van der Waals surface area contributed by atoms with Crippen LogP contribution in [0.1, 0.15) is 24.8 Å².